The maximum atomic E-state index is 12.1. The van der Waals surface area contributed by atoms with Gasteiger partial charge in [0.2, 0.25) is 0 Å². The van der Waals surface area contributed by atoms with Crippen molar-refractivity contribution < 1.29 is 18.7 Å². The summed E-state index contributed by atoms with van der Waals surface area (Å²) >= 11 is 1.24. The Labute approximate surface area is 135 Å². The molecule has 2 heterocycles. The number of hydrogen-bond donors (Lipinski definition) is 0. The number of fused-ring (bicyclic) bond motifs is 1. The zero-order valence-corrected chi connectivity index (χ0v) is 13.2. The van der Waals surface area contributed by atoms with E-state index < -0.39 is 11.6 Å². The zero-order valence-electron chi connectivity index (χ0n) is 12.4. The maximum Gasteiger partial charge on any atom is 0.353 e. The third-order valence-electron chi connectivity index (χ3n) is 3.36. The second kappa shape index (κ2) is 5.81. The van der Waals surface area contributed by atoms with E-state index >= 15 is 0 Å². The fourth-order valence-electron chi connectivity index (χ4n) is 2.33. The first-order valence-electron chi connectivity index (χ1n) is 6.81. The van der Waals surface area contributed by atoms with Gasteiger partial charge in [0.25, 0.3) is 0 Å². The van der Waals surface area contributed by atoms with Gasteiger partial charge in [-0.25, -0.2) is 9.59 Å². The van der Waals surface area contributed by atoms with E-state index in [1.165, 1.54) is 30.4 Å². The van der Waals surface area contributed by atoms with Crippen molar-refractivity contribution in [1.82, 2.24) is 0 Å². The summed E-state index contributed by atoms with van der Waals surface area (Å²) in [6, 6.07) is 7.92. The first-order valence-corrected chi connectivity index (χ1v) is 7.69. The van der Waals surface area contributed by atoms with E-state index in [0.29, 0.717) is 15.8 Å². The summed E-state index contributed by atoms with van der Waals surface area (Å²) in [7, 11) is 0. The van der Waals surface area contributed by atoms with E-state index in [1.54, 1.807) is 30.5 Å². The number of carbonyl (C=O) groups excluding carboxylic acids is 2. The Bertz CT molecular complexity index is 967. The van der Waals surface area contributed by atoms with Crippen molar-refractivity contribution in [1.29, 1.82) is 0 Å². The summed E-state index contributed by atoms with van der Waals surface area (Å²) in [5.41, 5.74) is 0.362. The van der Waals surface area contributed by atoms with Crippen LogP contribution in [0, 0.1) is 6.92 Å². The quantitative estimate of drug-likeness (QED) is 0.318. The second-order valence-corrected chi connectivity index (χ2v) is 5.93. The van der Waals surface area contributed by atoms with Gasteiger partial charge in [0, 0.05) is 11.5 Å². The molecule has 1 aromatic carbocycles. The van der Waals surface area contributed by atoms with E-state index in [0.717, 1.165) is 0 Å². The Kier molecular flexibility index (Phi) is 3.83. The molecule has 0 aliphatic rings. The Morgan fingerprint density at radius 2 is 2.00 bits per heavy atom. The molecule has 23 heavy (non-hydrogen) atoms. The SMILES string of the molecule is CC(=O)c1c(OC(=O)c2cccs2)ccc2c(C)cc(=O)oc12. The number of ketones is 1. The highest BCUT2D eigenvalue weighted by molar-refractivity contribution is 7.12. The molecule has 116 valence electrons. The van der Waals surface area contributed by atoms with Crippen molar-refractivity contribution in [3.63, 3.8) is 0 Å². The molecule has 0 saturated heterocycles. The molecule has 0 unspecified atom stereocenters. The van der Waals surface area contributed by atoms with Gasteiger partial charge in [-0.15, -0.1) is 11.3 Å². The normalized spacial score (nSPS) is 10.7. The van der Waals surface area contributed by atoms with E-state index in [4.69, 9.17) is 9.15 Å². The number of thiophene rings is 1. The highest BCUT2D eigenvalue weighted by Gasteiger charge is 2.20. The first kappa shape index (κ1) is 15.2. The Morgan fingerprint density at radius 3 is 2.65 bits per heavy atom. The smallest absolute Gasteiger partial charge is 0.353 e. The van der Waals surface area contributed by atoms with Crippen LogP contribution in [0.15, 0.2) is 44.9 Å². The monoisotopic (exact) mass is 328 g/mol. The largest absolute Gasteiger partial charge is 0.422 e. The standard InChI is InChI=1S/C17H12O5S/c1-9-8-14(19)22-16-11(9)5-6-12(15(16)10(2)18)21-17(20)13-4-3-7-23-13/h3-8H,1-2H3. The number of rotatable bonds is 3. The number of esters is 1. The van der Waals surface area contributed by atoms with Crippen molar-refractivity contribution in [3.05, 3.63) is 62.1 Å². The molecule has 0 spiro atoms. The van der Waals surface area contributed by atoms with Gasteiger partial charge in [-0.2, -0.15) is 0 Å². The maximum absolute atomic E-state index is 12.1. The van der Waals surface area contributed by atoms with Gasteiger partial charge in [-0.1, -0.05) is 6.07 Å². The van der Waals surface area contributed by atoms with Crippen LogP contribution in [0.2, 0.25) is 0 Å². The van der Waals surface area contributed by atoms with Crippen LogP contribution in [-0.4, -0.2) is 11.8 Å². The van der Waals surface area contributed by atoms with E-state index in [2.05, 4.69) is 0 Å². The Balaban J connectivity index is 2.17. The molecule has 0 saturated carbocycles. The molecule has 6 heteroatoms. The number of aryl methyl sites for hydroxylation is 1. The lowest BCUT2D eigenvalue weighted by molar-refractivity contribution is 0.0738. The van der Waals surface area contributed by atoms with Crippen molar-refractivity contribution in [3.8, 4) is 5.75 Å². The molecule has 0 N–H and O–H groups in total. The Hall–Kier alpha value is -2.73. The zero-order chi connectivity index (χ0) is 16.6. The molecular formula is C17H12O5S. The molecule has 0 aliphatic carbocycles. The third-order valence-corrected chi connectivity index (χ3v) is 4.21. The number of carbonyl (C=O) groups is 2. The lowest BCUT2D eigenvalue weighted by Crippen LogP contribution is -2.11. The van der Waals surface area contributed by atoms with Gasteiger partial charge in [0.1, 0.15) is 16.2 Å². The number of ether oxygens (including phenoxy) is 1. The van der Waals surface area contributed by atoms with Gasteiger partial charge in [0.05, 0.1) is 0 Å². The molecule has 0 radical (unpaired) electrons. The number of Topliss-reactive ketones (excluding diaryl/α,β-unsaturated/α-hetero) is 1. The van der Waals surface area contributed by atoms with Crippen LogP contribution in [0.1, 0.15) is 32.5 Å². The predicted octanol–water partition coefficient (Wildman–Crippen LogP) is 3.58. The highest BCUT2D eigenvalue weighted by Crippen LogP contribution is 2.30. The molecule has 2 aromatic heterocycles. The van der Waals surface area contributed by atoms with Gasteiger partial charge in [-0.05, 0) is 43.0 Å². The number of benzene rings is 1. The van der Waals surface area contributed by atoms with Crippen molar-refractivity contribution in [2.75, 3.05) is 0 Å². The lowest BCUT2D eigenvalue weighted by Gasteiger charge is -2.10. The van der Waals surface area contributed by atoms with Crippen LogP contribution in [0.3, 0.4) is 0 Å². The molecular weight excluding hydrogens is 316 g/mol. The molecule has 0 aliphatic heterocycles. The highest BCUT2D eigenvalue weighted by atomic mass is 32.1. The van der Waals surface area contributed by atoms with Crippen molar-refractivity contribution >= 4 is 34.1 Å². The summed E-state index contributed by atoms with van der Waals surface area (Å²) in [5.74, 6) is -0.827. The second-order valence-electron chi connectivity index (χ2n) is 4.99. The van der Waals surface area contributed by atoms with Crippen LogP contribution < -0.4 is 10.4 Å². The molecule has 0 fully saturated rings. The average Bonchev–Trinajstić information content (AvgIpc) is 3.00. The van der Waals surface area contributed by atoms with Gasteiger partial charge < -0.3 is 9.15 Å². The molecule has 5 nitrogen and oxygen atoms in total. The average molecular weight is 328 g/mol. The third kappa shape index (κ3) is 2.80. The van der Waals surface area contributed by atoms with Crippen molar-refractivity contribution in [2.24, 2.45) is 0 Å². The van der Waals surface area contributed by atoms with Crippen LogP contribution in [0.25, 0.3) is 11.0 Å². The molecule has 3 rings (SSSR count). The molecule has 3 aromatic rings. The first-order chi connectivity index (χ1) is 11.0. The summed E-state index contributed by atoms with van der Waals surface area (Å²) in [4.78, 5) is 36.2. The van der Waals surface area contributed by atoms with E-state index in [-0.39, 0.29) is 22.7 Å². The molecule has 0 amide bonds. The van der Waals surface area contributed by atoms with Gasteiger partial charge in [0.15, 0.2) is 11.4 Å². The molecule has 0 bridgehead atoms. The number of hydrogen-bond acceptors (Lipinski definition) is 6. The van der Waals surface area contributed by atoms with Crippen LogP contribution in [0.4, 0.5) is 0 Å². The minimum Gasteiger partial charge on any atom is -0.422 e. The minimum absolute atomic E-state index is 0.0807. The molecule has 0 atom stereocenters. The van der Waals surface area contributed by atoms with Crippen molar-refractivity contribution in [2.45, 2.75) is 13.8 Å². The van der Waals surface area contributed by atoms with Crippen LogP contribution in [0.5, 0.6) is 5.75 Å². The lowest BCUT2D eigenvalue weighted by atomic mass is 10.0. The predicted molar refractivity (Wildman–Crippen MR) is 86.5 cm³/mol. The van der Waals surface area contributed by atoms with Crippen LogP contribution >= 0.6 is 11.3 Å². The summed E-state index contributed by atoms with van der Waals surface area (Å²) in [6.07, 6.45) is 0. The van der Waals surface area contributed by atoms with E-state index in [9.17, 15) is 14.4 Å². The topological polar surface area (TPSA) is 73.6 Å². The van der Waals surface area contributed by atoms with Gasteiger partial charge >= 0.3 is 11.6 Å². The summed E-state index contributed by atoms with van der Waals surface area (Å²) in [6.45, 7) is 3.08. The van der Waals surface area contributed by atoms with Gasteiger partial charge in [-0.3, -0.25) is 4.79 Å². The van der Waals surface area contributed by atoms with Crippen LogP contribution in [-0.2, 0) is 0 Å². The summed E-state index contributed by atoms with van der Waals surface area (Å²) in [5, 5.41) is 2.39. The fourth-order valence-corrected chi connectivity index (χ4v) is 2.93. The minimum atomic E-state index is -0.558. The summed E-state index contributed by atoms with van der Waals surface area (Å²) < 4.78 is 10.5. The van der Waals surface area contributed by atoms with E-state index in [1.807, 2.05) is 0 Å². The fraction of sp³-hybridized carbons (Fsp3) is 0.118. The Morgan fingerprint density at radius 1 is 1.22 bits per heavy atom.